The van der Waals surface area contributed by atoms with E-state index >= 15 is 0 Å². The summed E-state index contributed by atoms with van der Waals surface area (Å²) in [5.41, 5.74) is 3.33. The van der Waals surface area contributed by atoms with E-state index < -0.39 is 10.8 Å². The molecule has 0 bridgehead atoms. The monoisotopic (exact) mass is 440 g/mol. The predicted molar refractivity (Wildman–Crippen MR) is 115 cm³/mol. The summed E-state index contributed by atoms with van der Waals surface area (Å²) in [7, 11) is 0. The number of hydrazone groups is 1. The third-order valence-corrected chi connectivity index (χ3v) is 4.12. The molecule has 31 heavy (non-hydrogen) atoms. The van der Waals surface area contributed by atoms with Crippen molar-refractivity contribution in [1.82, 2.24) is 10.4 Å². The smallest absolute Gasteiger partial charge is 0.287 e. The Morgan fingerprint density at radius 2 is 2.06 bits per heavy atom. The molecule has 0 saturated carbocycles. The number of hydrogen-bond donors (Lipinski definition) is 1. The fourth-order valence-corrected chi connectivity index (χ4v) is 2.66. The van der Waals surface area contributed by atoms with Crippen LogP contribution < -0.4 is 14.9 Å². The van der Waals surface area contributed by atoms with Crippen molar-refractivity contribution in [1.29, 1.82) is 0 Å². The average Bonchev–Trinajstić information content (AvgIpc) is 2.76. The van der Waals surface area contributed by atoms with E-state index in [1.54, 1.807) is 36.4 Å². The third kappa shape index (κ3) is 6.00. The number of rotatable bonds is 8. The maximum atomic E-state index is 12.1. The molecular formula is C21H17ClN4O5. The molecule has 9 nitrogen and oxygen atoms in total. The van der Waals surface area contributed by atoms with Crippen LogP contribution in [0.3, 0.4) is 0 Å². The molecule has 0 aliphatic carbocycles. The number of nitrogens with zero attached hydrogens (tertiary/aromatic N) is 3. The fraction of sp³-hybridized carbons (Fsp3) is 0.0952. The van der Waals surface area contributed by atoms with Crippen LogP contribution in [0.25, 0.3) is 0 Å². The van der Waals surface area contributed by atoms with Crippen LogP contribution in [0.5, 0.6) is 17.4 Å². The zero-order chi connectivity index (χ0) is 22.2. The van der Waals surface area contributed by atoms with Crippen molar-refractivity contribution < 1.29 is 19.2 Å². The van der Waals surface area contributed by atoms with Gasteiger partial charge in [-0.2, -0.15) is 5.10 Å². The number of hydrogen-bond acceptors (Lipinski definition) is 7. The Balaban J connectivity index is 1.71. The molecule has 1 heterocycles. The van der Waals surface area contributed by atoms with Crippen molar-refractivity contribution >= 4 is 29.4 Å². The molecule has 0 radical (unpaired) electrons. The van der Waals surface area contributed by atoms with E-state index in [-0.39, 0.29) is 11.6 Å². The molecule has 0 unspecified atom stereocenters. The molecule has 0 aliphatic rings. The second kappa shape index (κ2) is 10.2. The van der Waals surface area contributed by atoms with Gasteiger partial charge in [0.2, 0.25) is 5.88 Å². The van der Waals surface area contributed by atoms with Gasteiger partial charge in [0.05, 0.1) is 17.7 Å². The number of ether oxygens (including phenoxy) is 2. The second-order valence-electron chi connectivity index (χ2n) is 6.06. The fourth-order valence-electron chi connectivity index (χ4n) is 2.47. The van der Waals surface area contributed by atoms with Gasteiger partial charge in [0, 0.05) is 22.7 Å². The average molecular weight is 441 g/mol. The lowest BCUT2D eigenvalue weighted by molar-refractivity contribution is -0.385. The lowest BCUT2D eigenvalue weighted by Gasteiger charge is -2.11. The number of nitro groups is 1. The Kier molecular flexibility index (Phi) is 7.13. The molecule has 1 N–H and O–H groups in total. The van der Waals surface area contributed by atoms with E-state index in [1.165, 1.54) is 24.4 Å². The standard InChI is InChI=1S/C21H17ClN4O5/c1-2-30-19-10-14(12-24-25-21(27)15-4-3-5-16(22)11-15)6-8-18(19)31-20-9-7-17(13-23-20)26(28)29/h3-13H,2H2,1H3,(H,25,27)/b24-12+. The van der Waals surface area contributed by atoms with Crippen molar-refractivity contribution in [2.75, 3.05) is 6.61 Å². The molecule has 3 rings (SSSR count). The largest absolute Gasteiger partial charge is 0.490 e. The quantitative estimate of drug-likeness (QED) is 0.311. The van der Waals surface area contributed by atoms with Gasteiger partial charge in [-0.15, -0.1) is 0 Å². The van der Waals surface area contributed by atoms with E-state index in [2.05, 4.69) is 15.5 Å². The highest BCUT2D eigenvalue weighted by Crippen LogP contribution is 2.32. The first kappa shape index (κ1) is 21.7. The van der Waals surface area contributed by atoms with Gasteiger partial charge < -0.3 is 9.47 Å². The summed E-state index contributed by atoms with van der Waals surface area (Å²) >= 11 is 5.88. The number of nitrogens with one attached hydrogen (secondary N) is 1. The van der Waals surface area contributed by atoms with Crippen LogP contribution in [-0.2, 0) is 0 Å². The van der Waals surface area contributed by atoms with Gasteiger partial charge in [0.1, 0.15) is 6.20 Å². The van der Waals surface area contributed by atoms with Gasteiger partial charge in [0.15, 0.2) is 11.5 Å². The van der Waals surface area contributed by atoms with Crippen LogP contribution in [0, 0.1) is 10.1 Å². The van der Waals surface area contributed by atoms with Crippen LogP contribution >= 0.6 is 11.6 Å². The highest BCUT2D eigenvalue weighted by Gasteiger charge is 2.11. The molecule has 0 aliphatic heterocycles. The lowest BCUT2D eigenvalue weighted by Crippen LogP contribution is -2.17. The van der Waals surface area contributed by atoms with Crippen LogP contribution in [0.2, 0.25) is 5.02 Å². The molecule has 0 saturated heterocycles. The topological polar surface area (TPSA) is 116 Å². The maximum Gasteiger partial charge on any atom is 0.287 e. The number of benzene rings is 2. The van der Waals surface area contributed by atoms with E-state index in [0.29, 0.717) is 34.3 Å². The summed E-state index contributed by atoms with van der Waals surface area (Å²) in [5.74, 6) is 0.589. The first-order chi connectivity index (χ1) is 15.0. The Morgan fingerprint density at radius 3 is 2.74 bits per heavy atom. The zero-order valence-electron chi connectivity index (χ0n) is 16.3. The molecule has 0 spiro atoms. The van der Waals surface area contributed by atoms with Gasteiger partial charge in [0.25, 0.3) is 11.6 Å². The van der Waals surface area contributed by atoms with Crippen LogP contribution in [-0.4, -0.2) is 28.6 Å². The first-order valence-corrected chi connectivity index (χ1v) is 9.48. The molecule has 0 atom stereocenters. The summed E-state index contributed by atoms with van der Waals surface area (Å²) in [6.45, 7) is 2.20. The molecule has 158 valence electrons. The van der Waals surface area contributed by atoms with Crippen LogP contribution in [0.4, 0.5) is 5.69 Å². The number of carbonyl (C=O) groups excluding carboxylic acids is 1. The Labute approximate surface area is 182 Å². The predicted octanol–water partition coefficient (Wildman–Crippen LogP) is 4.60. The Bertz CT molecular complexity index is 1120. The summed E-state index contributed by atoms with van der Waals surface area (Å²) < 4.78 is 11.3. The molecule has 10 heteroatoms. The van der Waals surface area contributed by atoms with Gasteiger partial charge >= 0.3 is 0 Å². The number of amides is 1. The normalized spacial score (nSPS) is 10.6. The van der Waals surface area contributed by atoms with E-state index in [9.17, 15) is 14.9 Å². The van der Waals surface area contributed by atoms with Crippen LogP contribution in [0.15, 0.2) is 65.9 Å². The molecular weight excluding hydrogens is 424 g/mol. The molecule has 1 amide bonds. The van der Waals surface area contributed by atoms with E-state index in [0.717, 1.165) is 6.20 Å². The first-order valence-electron chi connectivity index (χ1n) is 9.10. The van der Waals surface area contributed by atoms with Gasteiger partial charge in [-0.05, 0) is 48.9 Å². The number of pyridine rings is 1. The third-order valence-electron chi connectivity index (χ3n) is 3.88. The lowest BCUT2D eigenvalue weighted by atomic mass is 10.2. The van der Waals surface area contributed by atoms with Crippen molar-refractivity contribution in [3.8, 4) is 17.4 Å². The molecule has 1 aromatic heterocycles. The minimum Gasteiger partial charge on any atom is -0.490 e. The van der Waals surface area contributed by atoms with Crippen molar-refractivity contribution in [3.63, 3.8) is 0 Å². The molecule has 3 aromatic rings. The highest BCUT2D eigenvalue weighted by atomic mass is 35.5. The Morgan fingerprint density at radius 1 is 1.23 bits per heavy atom. The van der Waals surface area contributed by atoms with Crippen molar-refractivity contribution in [2.24, 2.45) is 5.10 Å². The summed E-state index contributed by atoms with van der Waals surface area (Å²) in [6, 6.07) is 14.2. The van der Waals surface area contributed by atoms with Gasteiger partial charge in [-0.1, -0.05) is 17.7 Å². The van der Waals surface area contributed by atoms with Gasteiger partial charge in [-0.3, -0.25) is 14.9 Å². The number of halogens is 1. The summed E-state index contributed by atoms with van der Waals surface area (Å²) in [4.78, 5) is 26.2. The van der Waals surface area contributed by atoms with Crippen molar-refractivity contribution in [2.45, 2.75) is 6.92 Å². The minimum absolute atomic E-state index is 0.135. The highest BCUT2D eigenvalue weighted by molar-refractivity contribution is 6.30. The maximum absolute atomic E-state index is 12.1. The van der Waals surface area contributed by atoms with Gasteiger partial charge in [-0.25, -0.2) is 10.4 Å². The molecule has 0 fully saturated rings. The van der Waals surface area contributed by atoms with Crippen molar-refractivity contribution in [3.05, 3.63) is 87.1 Å². The zero-order valence-corrected chi connectivity index (χ0v) is 17.1. The second-order valence-corrected chi connectivity index (χ2v) is 6.50. The SMILES string of the molecule is CCOc1cc(/C=N/NC(=O)c2cccc(Cl)c2)ccc1Oc1ccc([N+](=O)[O-])cn1. The summed E-state index contributed by atoms with van der Waals surface area (Å²) in [6.07, 6.45) is 2.57. The van der Waals surface area contributed by atoms with E-state index in [4.69, 9.17) is 21.1 Å². The number of carbonyl (C=O) groups is 1. The molecule has 2 aromatic carbocycles. The minimum atomic E-state index is -0.540. The summed E-state index contributed by atoms with van der Waals surface area (Å²) in [5, 5.41) is 15.1. The Hall–Kier alpha value is -3.98. The number of aromatic nitrogens is 1. The van der Waals surface area contributed by atoms with E-state index in [1.807, 2.05) is 6.92 Å². The van der Waals surface area contributed by atoms with Crippen LogP contribution in [0.1, 0.15) is 22.8 Å².